The number of pyridine rings is 1. The molecule has 3 heterocycles. The van der Waals surface area contributed by atoms with Crippen LogP contribution in [0.2, 0.25) is 0 Å². The Morgan fingerprint density at radius 2 is 2.20 bits per heavy atom. The zero-order valence-corrected chi connectivity index (χ0v) is 15.5. The monoisotopic (exact) mass is 404 g/mol. The van der Waals surface area contributed by atoms with Crippen molar-refractivity contribution in [3.05, 3.63) is 34.4 Å². The number of rotatable bonds is 4. The van der Waals surface area contributed by atoms with E-state index in [0.29, 0.717) is 48.4 Å². The molecule has 1 saturated heterocycles. The number of carbonyl (C=O) groups excluding carboxylic acids is 2. The molecule has 0 aliphatic carbocycles. The van der Waals surface area contributed by atoms with Crippen LogP contribution in [-0.4, -0.2) is 41.4 Å². The van der Waals surface area contributed by atoms with Gasteiger partial charge in [0.15, 0.2) is 0 Å². The lowest BCUT2D eigenvalue weighted by Crippen LogP contribution is -2.48. The molecule has 4 N–H and O–H groups in total. The minimum absolute atomic E-state index is 0. The average Bonchev–Trinajstić information content (AvgIpc) is 3.05. The van der Waals surface area contributed by atoms with Gasteiger partial charge in [0.2, 0.25) is 5.91 Å². The molecule has 2 amide bonds. The third-order valence-corrected chi connectivity index (χ3v) is 4.20. The lowest BCUT2D eigenvalue weighted by atomic mass is 10.3. The predicted octanol–water partition coefficient (Wildman–Crippen LogP) is 1.03. The van der Waals surface area contributed by atoms with Crippen LogP contribution in [0.1, 0.15) is 15.5 Å². The zero-order valence-electron chi connectivity index (χ0n) is 13.1. The van der Waals surface area contributed by atoms with Crippen LogP contribution in [0.4, 0.5) is 11.5 Å². The molecule has 0 bridgehead atoms. The number of nitrogens with one attached hydrogen (secondary N) is 2. The van der Waals surface area contributed by atoms with Gasteiger partial charge in [-0.25, -0.2) is 9.97 Å². The van der Waals surface area contributed by atoms with Crippen LogP contribution < -0.4 is 21.3 Å². The normalized spacial score (nSPS) is 13.3. The van der Waals surface area contributed by atoms with Crippen LogP contribution in [0.3, 0.4) is 0 Å². The Morgan fingerprint density at radius 3 is 2.80 bits per heavy atom. The molecular formula is C14H18Cl2N6O2S. The topological polar surface area (TPSA) is 113 Å². The maximum atomic E-state index is 12.1. The van der Waals surface area contributed by atoms with Gasteiger partial charge in [-0.05, 0) is 12.1 Å². The van der Waals surface area contributed by atoms with E-state index in [1.54, 1.807) is 23.7 Å². The van der Waals surface area contributed by atoms with Gasteiger partial charge in [-0.2, -0.15) is 0 Å². The fourth-order valence-electron chi connectivity index (χ4n) is 2.19. The molecule has 0 atom stereocenters. The first-order valence-corrected chi connectivity index (χ1v) is 7.97. The first-order valence-electron chi connectivity index (χ1n) is 7.09. The number of amides is 2. The second-order valence-electron chi connectivity index (χ2n) is 4.96. The second kappa shape index (κ2) is 9.52. The number of aromatic nitrogens is 2. The van der Waals surface area contributed by atoms with Crippen molar-refractivity contribution in [3.8, 4) is 0 Å². The maximum Gasteiger partial charge on any atom is 0.275 e. The second-order valence-corrected chi connectivity index (χ2v) is 5.90. The molecule has 1 fully saturated rings. The number of carbonyl (C=O) groups is 2. The van der Waals surface area contributed by atoms with E-state index in [0.717, 1.165) is 0 Å². The SMILES string of the molecule is Cl.Cl.NCc1nc(C(=O)Nc2ccc(N3CCNC(=O)C3)nc2)cs1. The summed E-state index contributed by atoms with van der Waals surface area (Å²) in [6.07, 6.45) is 1.57. The molecule has 1 aliphatic heterocycles. The maximum absolute atomic E-state index is 12.1. The molecule has 0 radical (unpaired) electrons. The minimum atomic E-state index is -0.298. The largest absolute Gasteiger partial charge is 0.353 e. The highest BCUT2D eigenvalue weighted by Crippen LogP contribution is 2.16. The zero-order chi connectivity index (χ0) is 16.2. The van der Waals surface area contributed by atoms with E-state index in [1.165, 1.54) is 11.3 Å². The third kappa shape index (κ3) is 5.27. The summed E-state index contributed by atoms with van der Waals surface area (Å²) in [6.45, 7) is 1.93. The molecule has 8 nitrogen and oxygen atoms in total. The fraction of sp³-hybridized carbons (Fsp3) is 0.286. The van der Waals surface area contributed by atoms with Crippen LogP contribution >= 0.6 is 36.2 Å². The van der Waals surface area contributed by atoms with Gasteiger partial charge in [-0.15, -0.1) is 36.2 Å². The summed E-state index contributed by atoms with van der Waals surface area (Å²) in [7, 11) is 0. The number of hydrogen-bond donors (Lipinski definition) is 3. The molecule has 2 aromatic rings. The van der Waals surface area contributed by atoms with Gasteiger partial charge >= 0.3 is 0 Å². The number of thiazole rings is 1. The molecule has 11 heteroatoms. The van der Waals surface area contributed by atoms with E-state index in [9.17, 15) is 9.59 Å². The summed E-state index contributed by atoms with van der Waals surface area (Å²) < 4.78 is 0. The summed E-state index contributed by atoms with van der Waals surface area (Å²) in [5, 5.41) is 7.89. The average molecular weight is 405 g/mol. The Kier molecular flexibility index (Phi) is 8.04. The van der Waals surface area contributed by atoms with Crippen LogP contribution in [0, 0.1) is 0 Å². The molecular weight excluding hydrogens is 387 g/mol. The van der Waals surface area contributed by atoms with Crippen molar-refractivity contribution >= 4 is 59.5 Å². The standard InChI is InChI=1S/C14H16N6O2S.2ClH/c15-5-13-19-10(8-23-13)14(22)18-9-1-2-11(17-6-9)20-4-3-16-12(21)7-20;;/h1-2,6,8H,3-5,7,15H2,(H,16,21)(H,18,22);2*1H. The quantitative estimate of drug-likeness (QED) is 0.700. The van der Waals surface area contributed by atoms with Crippen LogP contribution in [0.25, 0.3) is 0 Å². The molecule has 2 aromatic heterocycles. The summed E-state index contributed by atoms with van der Waals surface area (Å²) in [4.78, 5) is 33.8. The Hall–Kier alpha value is -1.94. The smallest absolute Gasteiger partial charge is 0.275 e. The van der Waals surface area contributed by atoms with E-state index < -0.39 is 0 Å². The number of nitrogens with zero attached hydrogens (tertiary/aromatic N) is 3. The Morgan fingerprint density at radius 1 is 1.40 bits per heavy atom. The lowest BCUT2D eigenvalue weighted by molar-refractivity contribution is -0.120. The van der Waals surface area contributed by atoms with Crippen molar-refractivity contribution in [1.29, 1.82) is 0 Å². The van der Waals surface area contributed by atoms with Crippen LogP contribution in [0.5, 0.6) is 0 Å². The van der Waals surface area contributed by atoms with Gasteiger partial charge in [0.05, 0.1) is 18.4 Å². The van der Waals surface area contributed by atoms with Gasteiger partial charge < -0.3 is 21.3 Å². The Labute approximate surface area is 161 Å². The summed E-state index contributed by atoms with van der Waals surface area (Å²) >= 11 is 1.35. The number of hydrogen-bond acceptors (Lipinski definition) is 7. The molecule has 0 aromatic carbocycles. The lowest BCUT2D eigenvalue weighted by Gasteiger charge is -2.27. The Balaban J connectivity index is 0.00000156. The molecule has 3 rings (SSSR count). The number of halogens is 2. The molecule has 0 saturated carbocycles. The van der Waals surface area contributed by atoms with E-state index >= 15 is 0 Å². The summed E-state index contributed by atoms with van der Waals surface area (Å²) in [5.74, 6) is 0.388. The van der Waals surface area contributed by atoms with Crippen LogP contribution in [-0.2, 0) is 11.3 Å². The molecule has 0 unspecified atom stereocenters. The van der Waals surface area contributed by atoms with Gasteiger partial charge in [0, 0.05) is 25.0 Å². The third-order valence-electron chi connectivity index (χ3n) is 3.33. The van der Waals surface area contributed by atoms with Crippen molar-refractivity contribution < 1.29 is 9.59 Å². The van der Waals surface area contributed by atoms with Gasteiger partial charge in [0.25, 0.3) is 5.91 Å². The molecule has 136 valence electrons. The van der Waals surface area contributed by atoms with Crippen molar-refractivity contribution in [1.82, 2.24) is 15.3 Å². The summed E-state index contributed by atoms with van der Waals surface area (Å²) in [6, 6.07) is 3.53. The van der Waals surface area contributed by atoms with E-state index in [1.807, 2.05) is 4.90 Å². The highest BCUT2D eigenvalue weighted by atomic mass is 35.5. The van der Waals surface area contributed by atoms with E-state index in [2.05, 4.69) is 20.6 Å². The van der Waals surface area contributed by atoms with E-state index in [-0.39, 0.29) is 36.6 Å². The van der Waals surface area contributed by atoms with Crippen LogP contribution in [0.15, 0.2) is 23.7 Å². The molecule has 25 heavy (non-hydrogen) atoms. The first kappa shape index (κ1) is 21.1. The number of piperazine rings is 1. The van der Waals surface area contributed by atoms with Crippen molar-refractivity contribution in [3.63, 3.8) is 0 Å². The minimum Gasteiger partial charge on any atom is -0.353 e. The van der Waals surface area contributed by atoms with Gasteiger partial charge in [-0.1, -0.05) is 0 Å². The van der Waals surface area contributed by atoms with Crippen molar-refractivity contribution in [2.45, 2.75) is 6.54 Å². The van der Waals surface area contributed by atoms with E-state index in [4.69, 9.17) is 5.73 Å². The first-order chi connectivity index (χ1) is 11.2. The predicted molar refractivity (Wildman–Crippen MR) is 102 cm³/mol. The number of nitrogens with two attached hydrogens (primary N) is 1. The Bertz CT molecular complexity index is 724. The van der Waals surface area contributed by atoms with Crippen molar-refractivity contribution in [2.24, 2.45) is 5.73 Å². The van der Waals surface area contributed by atoms with Gasteiger partial charge in [-0.3, -0.25) is 9.59 Å². The number of anilines is 2. The fourth-order valence-corrected chi connectivity index (χ4v) is 2.84. The summed E-state index contributed by atoms with van der Waals surface area (Å²) in [5.41, 5.74) is 6.40. The molecule has 1 aliphatic rings. The highest BCUT2D eigenvalue weighted by molar-refractivity contribution is 7.09. The van der Waals surface area contributed by atoms with Gasteiger partial charge in [0.1, 0.15) is 16.5 Å². The molecule has 0 spiro atoms. The van der Waals surface area contributed by atoms with Crippen molar-refractivity contribution in [2.75, 3.05) is 29.9 Å². The highest BCUT2D eigenvalue weighted by Gasteiger charge is 2.17.